The van der Waals surface area contributed by atoms with Crippen molar-refractivity contribution in [1.29, 1.82) is 0 Å². The van der Waals surface area contributed by atoms with E-state index in [1.54, 1.807) is 0 Å². The Hall–Kier alpha value is -1.29. The summed E-state index contributed by atoms with van der Waals surface area (Å²) in [6, 6.07) is 7.86. The maximum atomic E-state index is 10.7. The Labute approximate surface area is 95.2 Å². The summed E-state index contributed by atoms with van der Waals surface area (Å²) in [5.41, 5.74) is 2.06. The molecule has 0 aliphatic carbocycles. The van der Waals surface area contributed by atoms with Crippen molar-refractivity contribution in [3.63, 3.8) is 0 Å². The van der Waals surface area contributed by atoms with E-state index >= 15 is 0 Å². The number of hydrogen-bond acceptors (Lipinski definition) is 1. The molecule has 0 spiro atoms. The van der Waals surface area contributed by atoms with Gasteiger partial charge in [-0.25, -0.2) is 0 Å². The monoisotopic (exact) mass is 267 g/mol. The van der Waals surface area contributed by atoms with E-state index in [1.165, 1.54) is 0 Å². The molecule has 2 aromatic rings. The fourth-order valence-electron chi connectivity index (χ4n) is 1.58. The molecule has 3 nitrogen and oxygen atoms in total. The number of H-pyrrole nitrogens is 1. The molecule has 0 amide bonds. The first-order chi connectivity index (χ1) is 7.18. The molecule has 0 saturated heterocycles. The van der Waals surface area contributed by atoms with Crippen LogP contribution in [0.3, 0.4) is 0 Å². The van der Waals surface area contributed by atoms with Crippen LogP contribution in [0.15, 0.2) is 30.5 Å². The normalized spacial score (nSPS) is 12.9. The van der Waals surface area contributed by atoms with Gasteiger partial charge in [0, 0.05) is 17.1 Å². The van der Waals surface area contributed by atoms with E-state index in [9.17, 15) is 4.79 Å². The third-order valence-electron chi connectivity index (χ3n) is 2.34. The van der Waals surface area contributed by atoms with E-state index in [-0.39, 0.29) is 0 Å². The number of rotatable bonds is 3. The van der Waals surface area contributed by atoms with Crippen molar-refractivity contribution >= 4 is 32.8 Å². The number of alkyl halides is 1. The van der Waals surface area contributed by atoms with Gasteiger partial charge in [-0.1, -0.05) is 34.1 Å². The van der Waals surface area contributed by atoms with Crippen LogP contribution in [0, 0.1) is 0 Å². The zero-order valence-corrected chi connectivity index (χ0v) is 9.49. The van der Waals surface area contributed by atoms with Crippen LogP contribution < -0.4 is 0 Å². The summed E-state index contributed by atoms with van der Waals surface area (Å²) in [6.45, 7) is 0. The molecule has 0 radical (unpaired) electrons. The Morgan fingerprint density at radius 2 is 2.20 bits per heavy atom. The van der Waals surface area contributed by atoms with Crippen molar-refractivity contribution in [2.45, 2.75) is 11.2 Å². The SMILES string of the molecule is O=C(O)[C@@H](Br)Cc1c[nH]c2ccccc12. The summed E-state index contributed by atoms with van der Waals surface area (Å²) in [4.78, 5) is 13.3. The topological polar surface area (TPSA) is 53.1 Å². The summed E-state index contributed by atoms with van der Waals surface area (Å²) >= 11 is 3.14. The van der Waals surface area contributed by atoms with Crippen molar-refractivity contribution in [2.75, 3.05) is 0 Å². The van der Waals surface area contributed by atoms with Crippen LogP contribution in [0.25, 0.3) is 10.9 Å². The fourth-order valence-corrected chi connectivity index (χ4v) is 1.93. The number of aliphatic carboxylic acids is 1. The van der Waals surface area contributed by atoms with Crippen molar-refractivity contribution < 1.29 is 9.90 Å². The summed E-state index contributed by atoms with van der Waals surface area (Å²) in [6.07, 6.45) is 2.35. The van der Waals surface area contributed by atoms with E-state index in [1.807, 2.05) is 30.5 Å². The van der Waals surface area contributed by atoms with E-state index in [0.29, 0.717) is 6.42 Å². The number of hydrogen-bond donors (Lipinski definition) is 2. The summed E-state index contributed by atoms with van der Waals surface area (Å²) in [5.74, 6) is -0.833. The second kappa shape index (κ2) is 4.06. The minimum atomic E-state index is -0.833. The average molecular weight is 268 g/mol. The Kier molecular flexibility index (Phi) is 2.77. The van der Waals surface area contributed by atoms with Gasteiger partial charge in [0.25, 0.3) is 0 Å². The van der Waals surface area contributed by atoms with Gasteiger partial charge in [0.1, 0.15) is 4.83 Å². The summed E-state index contributed by atoms with van der Waals surface area (Å²) in [7, 11) is 0. The third-order valence-corrected chi connectivity index (χ3v) is 3.06. The number of carbonyl (C=O) groups is 1. The number of fused-ring (bicyclic) bond motifs is 1. The van der Waals surface area contributed by atoms with Gasteiger partial charge < -0.3 is 10.1 Å². The summed E-state index contributed by atoms with van der Waals surface area (Å²) in [5, 5.41) is 9.88. The molecule has 15 heavy (non-hydrogen) atoms. The van der Waals surface area contributed by atoms with Gasteiger partial charge in [-0.2, -0.15) is 0 Å². The van der Waals surface area contributed by atoms with Gasteiger partial charge in [0.2, 0.25) is 0 Å². The van der Waals surface area contributed by atoms with Crippen molar-refractivity contribution in [1.82, 2.24) is 4.98 Å². The molecule has 0 aliphatic heterocycles. The van der Waals surface area contributed by atoms with E-state index < -0.39 is 10.8 Å². The molecule has 0 bridgehead atoms. The first-order valence-corrected chi connectivity index (χ1v) is 5.52. The number of para-hydroxylation sites is 1. The fraction of sp³-hybridized carbons (Fsp3) is 0.182. The van der Waals surface area contributed by atoms with E-state index in [0.717, 1.165) is 16.5 Å². The molecule has 0 unspecified atom stereocenters. The van der Waals surface area contributed by atoms with Crippen molar-refractivity contribution in [2.24, 2.45) is 0 Å². The molecule has 2 N–H and O–H groups in total. The lowest BCUT2D eigenvalue weighted by atomic mass is 10.1. The highest BCUT2D eigenvalue weighted by atomic mass is 79.9. The van der Waals surface area contributed by atoms with Crippen LogP contribution in [0.1, 0.15) is 5.56 Å². The number of nitrogens with one attached hydrogen (secondary N) is 1. The molecule has 1 aromatic heterocycles. The van der Waals surface area contributed by atoms with Crippen LogP contribution in [0.4, 0.5) is 0 Å². The average Bonchev–Trinajstić information content (AvgIpc) is 2.62. The molecule has 1 heterocycles. The molecular weight excluding hydrogens is 258 g/mol. The van der Waals surface area contributed by atoms with E-state index in [4.69, 9.17) is 5.11 Å². The lowest BCUT2D eigenvalue weighted by Crippen LogP contribution is -2.15. The number of aromatic amines is 1. The quantitative estimate of drug-likeness (QED) is 0.840. The van der Waals surface area contributed by atoms with Gasteiger partial charge >= 0.3 is 5.97 Å². The predicted octanol–water partition coefficient (Wildman–Crippen LogP) is 2.56. The lowest BCUT2D eigenvalue weighted by molar-refractivity contribution is -0.136. The highest BCUT2D eigenvalue weighted by molar-refractivity contribution is 9.10. The standard InChI is InChI=1S/C11H10BrNO2/c12-9(11(14)15)5-7-6-13-10-4-2-1-3-8(7)10/h1-4,6,9,13H,5H2,(H,14,15)/t9-/m0/s1. The molecular formula is C11H10BrNO2. The van der Waals surface area contributed by atoms with Crippen molar-refractivity contribution in [3.05, 3.63) is 36.0 Å². The third kappa shape index (κ3) is 2.04. The predicted molar refractivity (Wildman–Crippen MR) is 62.4 cm³/mol. The van der Waals surface area contributed by atoms with Crippen LogP contribution >= 0.6 is 15.9 Å². The first kappa shape index (κ1) is 10.2. The maximum Gasteiger partial charge on any atom is 0.317 e. The Balaban J connectivity index is 2.32. The first-order valence-electron chi connectivity index (χ1n) is 4.60. The second-order valence-electron chi connectivity index (χ2n) is 3.37. The molecule has 1 aromatic carbocycles. The zero-order valence-electron chi connectivity index (χ0n) is 7.90. The van der Waals surface area contributed by atoms with Crippen LogP contribution in [0.5, 0.6) is 0 Å². The van der Waals surface area contributed by atoms with E-state index in [2.05, 4.69) is 20.9 Å². The number of aromatic nitrogens is 1. The molecule has 0 aliphatic rings. The van der Waals surface area contributed by atoms with Crippen LogP contribution in [0.2, 0.25) is 0 Å². The van der Waals surface area contributed by atoms with Crippen molar-refractivity contribution in [3.8, 4) is 0 Å². The molecule has 0 saturated carbocycles. The second-order valence-corrected chi connectivity index (χ2v) is 4.47. The van der Waals surface area contributed by atoms with Gasteiger partial charge in [-0.3, -0.25) is 4.79 Å². The smallest absolute Gasteiger partial charge is 0.317 e. The Morgan fingerprint density at radius 3 is 2.93 bits per heavy atom. The van der Waals surface area contributed by atoms with Gasteiger partial charge in [0.05, 0.1) is 0 Å². The number of benzene rings is 1. The minimum Gasteiger partial charge on any atom is -0.480 e. The largest absolute Gasteiger partial charge is 0.480 e. The molecule has 1 atom stereocenters. The molecule has 78 valence electrons. The van der Waals surface area contributed by atoms with Gasteiger partial charge in [0.15, 0.2) is 0 Å². The number of carboxylic acid groups (broad SMARTS) is 1. The number of carboxylic acids is 1. The Bertz CT molecular complexity index is 492. The summed E-state index contributed by atoms with van der Waals surface area (Å²) < 4.78 is 0. The lowest BCUT2D eigenvalue weighted by Gasteiger charge is -2.02. The highest BCUT2D eigenvalue weighted by Crippen LogP contribution is 2.20. The Morgan fingerprint density at radius 1 is 1.47 bits per heavy atom. The highest BCUT2D eigenvalue weighted by Gasteiger charge is 2.15. The molecule has 0 fully saturated rings. The minimum absolute atomic E-state index is 0.485. The van der Waals surface area contributed by atoms with Gasteiger partial charge in [-0.05, 0) is 18.1 Å². The molecule has 2 rings (SSSR count). The van der Waals surface area contributed by atoms with Crippen LogP contribution in [-0.4, -0.2) is 20.9 Å². The number of halogens is 1. The zero-order chi connectivity index (χ0) is 10.8. The maximum absolute atomic E-state index is 10.7. The van der Waals surface area contributed by atoms with Crippen LogP contribution in [-0.2, 0) is 11.2 Å². The molecule has 4 heteroatoms. The van der Waals surface area contributed by atoms with Gasteiger partial charge in [-0.15, -0.1) is 0 Å².